The molecular formula is C58H38N2O. The molecule has 0 saturated carbocycles. The molecule has 0 aliphatic heterocycles. The van der Waals surface area contributed by atoms with E-state index in [0.29, 0.717) is 0 Å². The van der Waals surface area contributed by atoms with Crippen molar-refractivity contribution in [2.24, 2.45) is 0 Å². The molecule has 61 heavy (non-hydrogen) atoms. The fraction of sp³-hybridized carbons (Fsp3) is 0. The number of furan rings is 1. The summed E-state index contributed by atoms with van der Waals surface area (Å²) in [5.74, 6) is 0. The van der Waals surface area contributed by atoms with E-state index in [-0.39, 0.29) is 0 Å². The van der Waals surface area contributed by atoms with Gasteiger partial charge in [0, 0.05) is 50.1 Å². The van der Waals surface area contributed by atoms with Crippen LogP contribution in [0.15, 0.2) is 235 Å². The maximum atomic E-state index is 6.57. The van der Waals surface area contributed by atoms with Gasteiger partial charge in [0.05, 0.1) is 22.4 Å². The van der Waals surface area contributed by atoms with E-state index in [2.05, 4.69) is 228 Å². The molecule has 0 unspecified atom stereocenters. The maximum Gasteiger partial charge on any atom is 0.137 e. The molecule has 286 valence electrons. The lowest BCUT2D eigenvalue weighted by molar-refractivity contribution is 0.669. The maximum absolute atomic E-state index is 6.57. The third-order valence-electron chi connectivity index (χ3n) is 12.2. The molecule has 10 aromatic carbocycles. The molecule has 12 aromatic rings. The molecule has 0 aliphatic rings. The zero-order chi connectivity index (χ0) is 40.3. The van der Waals surface area contributed by atoms with E-state index >= 15 is 0 Å². The highest BCUT2D eigenvalue weighted by Gasteiger charge is 2.24. The summed E-state index contributed by atoms with van der Waals surface area (Å²) in [6.45, 7) is 0. The Morgan fingerprint density at radius 2 is 0.934 bits per heavy atom. The summed E-state index contributed by atoms with van der Waals surface area (Å²) in [5.41, 5.74) is 15.3. The average molecular weight is 779 g/mol. The highest BCUT2D eigenvalue weighted by molar-refractivity contribution is 6.12. The van der Waals surface area contributed by atoms with E-state index in [1.54, 1.807) is 0 Å². The Morgan fingerprint density at radius 1 is 0.344 bits per heavy atom. The van der Waals surface area contributed by atoms with E-state index in [9.17, 15) is 0 Å². The van der Waals surface area contributed by atoms with Gasteiger partial charge in [0.25, 0.3) is 0 Å². The molecule has 0 N–H and O–H groups in total. The molecule has 0 amide bonds. The van der Waals surface area contributed by atoms with Crippen molar-refractivity contribution in [3.8, 4) is 39.1 Å². The van der Waals surface area contributed by atoms with Gasteiger partial charge in [0.2, 0.25) is 0 Å². The van der Waals surface area contributed by atoms with E-state index in [4.69, 9.17) is 4.42 Å². The lowest BCUT2D eigenvalue weighted by Crippen LogP contribution is -2.12. The minimum atomic E-state index is 0.851. The lowest BCUT2D eigenvalue weighted by Gasteiger charge is -2.30. The normalized spacial score (nSPS) is 11.6. The molecule has 3 heteroatoms. The number of nitrogens with zero attached hydrogens (tertiary/aromatic N) is 2. The number of benzene rings is 10. The van der Waals surface area contributed by atoms with Crippen molar-refractivity contribution in [3.05, 3.63) is 231 Å². The summed E-state index contributed by atoms with van der Waals surface area (Å²) < 4.78 is 8.96. The van der Waals surface area contributed by atoms with Gasteiger partial charge >= 0.3 is 0 Å². The van der Waals surface area contributed by atoms with Crippen LogP contribution in [-0.2, 0) is 0 Å². The Kier molecular flexibility index (Phi) is 8.17. The van der Waals surface area contributed by atoms with Gasteiger partial charge in [-0.15, -0.1) is 0 Å². The first kappa shape index (κ1) is 34.9. The number of aromatic nitrogens is 1. The van der Waals surface area contributed by atoms with Gasteiger partial charge in [0.1, 0.15) is 11.2 Å². The highest BCUT2D eigenvalue weighted by atomic mass is 16.3. The molecular weight excluding hydrogens is 741 g/mol. The summed E-state index contributed by atoms with van der Waals surface area (Å²) in [7, 11) is 0. The molecule has 2 heterocycles. The van der Waals surface area contributed by atoms with Crippen LogP contribution in [0.3, 0.4) is 0 Å². The van der Waals surface area contributed by atoms with Crippen molar-refractivity contribution in [2.45, 2.75) is 0 Å². The number of rotatable bonds is 7. The Morgan fingerprint density at radius 3 is 1.75 bits per heavy atom. The number of anilines is 3. The first-order chi connectivity index (χ1) is 30.3. The molecule has 0 radical (unpaired) electrons. The van der Waals surface area contributed by atoms with Gasteiger partial charge in [-0.3, -0.25) is 0 Å². The second-order valence-corrected chi connectivity index (χ2v) is 15.6. The molecule has 0 atom stereocenters. The standard InChI is InChI=1S/C58H38N2O/c1-3-17-39(18-4-1)45-27-15-19-40-20-16-28-51(58(40)45)47-25-9-13-31-54(47)60(43-34-36-50-49-26-10-14-32-56(49)61-57(50)38-43)52-29-11-7-23-44(52)41-33-35-48-46-24-8-12-30-53(46)59(55(48)37-41)42-21-5-2-6-22-42/h1-38H. The molecule has 0 fully saturated rings. The van der Waals surface area contributed by atoms with E-state index in [1.807, 2.05) is 12.1 Å². The van der Waals surface area contributed by atoms with Gasteiger partial charge in [-0.1, -0.05) is 170 Å². The SMILES string of the molecule is c1ccc(-c2cccc3cccc(-c4ccccc4N(c4ccc5c(c4)oc4ccccc45)c4ccccc4-c4ccc5c6ccccc6n(-c6ccccc6)c5c4)c23)cc1. The Bertz CT molecular complexity index is 3590. The Balaban J connectivity index is 1.12. The summed E-state index contributed by atoms with van der Waals surface area (Å²) in [5, 5.41) is 7.10. The molecule has 2 aromatic heterocycles. The summed E-state index contributed by atoms with van der Waals surface area (Å²) in [6, 6.07) is 83.0. The predicted molar refractivity (Wildman–Crippen MR) is 257 cm³/mol. The second kappa shape index (κ2) is 14.3. The van der Waals surface area contributed by atoms with Crippen LogP contribution in [0, 0.1) is 0 Å². The van der Waals surface area contributed by atoms with Crippen molar-refractivity contribution in [2.75, 3.05) is 4.90 Å². The summed E-state index contributed by atoms with van der Waals surface area (Å²) in [4.78, 5) is 2.43. The van der Waals surface area contributed by atoms with Crippen molar-refractivity contribution >= 4 is 71.6 Å². The summed E-state index contributed by atoms with van der Waals surface area (Å²) >= 11 is 0. The minimum absolute atomic E-state index is 0.851. The number of hydrogen-bond acceptors (Lipinski definition) is 2. The van der Waals surface area contributed by atoms with Crippen molar-refractivity contribution < 1.29 is 4.42 Å². The third kappa shape index (κ3) is 5.74. The third-order valence-corrected chi connectivity index (χ3v) is 12.2. The largest absolute Gasteiger partial charge is 0.456 e. The minimum Gasteiger partial charge on any atom is -0.456 e. The zero-order valence-corrected chi connectivity index (χ0v) is 33.2. The first-order valence-electron chi connectivity index (χ1n) is 20.8. The average Bonchev–Trinajstić information content (AvgIpc) is 3.87. The van der Waals surface area contributed by atoms with Crippen LogP contribution in [0.4, 0.5) is 17.1 Å². The van der Waals surface area contributed by atoms with Crippen molar-refractivity contribution in [1.29, 1.82) is 0 Å². The van der Waals surface area contributed by atoms with Crippen LogP contribution in [-0.4, -0.2) is 4.57 Å². The van der Waals surface area contributed by atoms with Gasteiger partial charge in [-0.2, -0.15) is 0 Å². The molecule has 0 spiro atoms. The van der Waals surface area contributed by atoms with Crippen LogP contribution in [0.1, 0.15) is 0 Å². The van der Waals surface area contributed by atoms with Crippen LogP contribution in [0.5, 0.6) is 0 Å². The van der Waals surface area contributed by atoms with Gasteiger partial charge in [-0.05, 0) is 87.6 Å². The second-order valence-electron chi connectivity index (χ2n) is 15.6. The molecule has 0 saturated heterocycles. The Hall–Kier alpha value is -8.14. The predicted octanol–water partition coefficient (Wildman–Crippen LogP) is 16.3. The molecule has 12 rings (SSSR count). The van der Waals surface area contributed by atoms with Gasteiger partial charge < -0.3 is 13.9 Å². The fourth-order valence-corrected chi connectivity index (χ4v) is 9.49. The van der Waals surface area contributed by atoms with Crippen LogP contribution in [0.25, 0.3) is 93.6 Å². The summed E-state index contributed by atoms with van der Waals surface area (Å²) in [6.07, 6.45) is 0. The first-order valence-corrected chi connectivity index (χ1v) is 20.8. The smallest absolute Gasteiger partial charge is 0.137 e. The molecule has 0 bridgehead atoms. The number of para-hydroxylation sites is 5. The highest BCUT2D eigenvalue weighted by Crippen LogP contribution is 2.48. The lowest BCUT2D eigenvalue weighted by atomic mass is 9.90. The van der Waals surface area contributed by atoms with Gasteiger partial charge in [0.15, 0.2) is 0 Å². The van der Waals surface area contributed by atoms with E-state index in [0.717, 1.165) is 61.4 Å². The van der Waals surface area contributed by atoms with Crippen molar-refractivity contribution in [1.82, 2.24) is 4.57 Å². The van der Waals surface area contributed by atoms with E-state index < -0.39 is 0 Å². The Labute approximate surface area is 353 Å². The fourth-order valence-electron chi connectivity index (χ4n) is 9.49. The molecule has 0 aliphatic carbocycles. The number of fused-ring (bicyclic) bond motifs is 7. The van der Waals surface area contributed by atoms with Gasteiger partial charge in [-0.25, -0.2) is 0 Å². The van der Waals surface area contributed by atoms with Crippen molar-refractivity contribution in [3.63, 3.8) is 0 Å². The quantitative estimate of drug-likeness (QED) is 0.161. The van der Waals surface area contributed by atoms with E-state index in [1.165, 1.54) is 49.3 Å². The zero-order valence-electron chi connectivity index (χ0n) is 33.2. The van der Waals surface area contributed by atoms with Crippen LogP contribution < -0.4 is 4.90 Å². The monoisotopic (exact) mass is 778 g/mol. The molecule has 3 nitrogen and oxygen atoms in total. The van der Waals surface area contributed by atoms with Crippen LogP contribution >= 0.6 is 0 Å². The topological polar surface area (TPSA) is 21.3 Å². The van der Waals surface area contributed by atoms with Crippen LogP contribution in [0.2, 0.25) is 0 Å². The number of hydrogen-bond donors (Lipinski definition) is 0.